The summed E-state index contributed by atoms with van der Waals surface area (Å²) in [6, 6.07) is 9.45. The largest absolute Gasteiger partial charge is 0.462 e. The van der Waals surface area contributed by atoms with Gasteiger partial charge in [-0.15, -0.1) is 5.10 Å². The summed E-state index contributed by atoms with van der Waals surface area (Å²) >= 11 is 0. The lowest BCUT2D eigenvalue weighted by atomic mass is 10.1. The number of aromatic nitrogens is 4. The Balaban J connectivity index is 1.99. The minimum atomic E-state index is -0.481. The number of nitrogens with zero attached hydrogens (tertiary/aromatic N) is 4. The maximum atomic E-state index is 12.0. The van der Waals surface area contributed by atoms with E-state index in [1.54, 1.807) is 13.8 Å². The Bertz CT molecular complexity index is 792. The van der Waals surface area contributed by atoms with Crippen LogP contribution in [0.2, 0.25) is 0 Å². The van der Waals surface area contributed by atoms with Gasteiger partial charge in [-0.1, -0.05) is 23.4 Å². The highest BCUT2D eigenvalue weighted by Gasteiger charge is 2.24. The second-order valence-electron chi connectivity index (χ2n) is 4.54. The number of esters is 1. The third-order valence-corrected chi connectivity index (χ3v) is 3.06. The second-order valence-corrected chi connectivity index (χ2v) is 4.54. The Morgan fingerprint density at radius 2 is 2.09 bits per heavy atom. The molecule has 0 unspecified atom stereocenters. The van der Waals surface area contributed by atoms with Gasteiger partial charge in [-0.2, -0.15) is 9.90 Å². The summed E-state index contributed by atoms with van der Waals surface area (Å²) in [7, 11) is 0. The predicted octanol–water partition coefficient (Wildman–Crippen LogP) is 2.41. The van der Waals surface area contributed by atoms with Gasteiger partial charge >= 0.3 is 5.97 Å². The van der Waals surface area contributed by atoms with Gasteiger partial charge in [0, 0.05) is 0 Å². The Morgan fingerprint density at radius 1 is 1.32 bits per heavy atom. The molecule has 0 bridgehead atoms. The molecule has 0 saturated heterocycles. The average Bonchev–Trinajstić information content (AvgIpc) is 3.15. The number of hydrogen-bond acceptors (Lipinski definition) is 6. The van der Waals surface area contributed by atoms with Crippen LogP contribution in [0.1, 0.15) is 23.0 Å². The Morgan fingerprint density at radius 3 is 2.82 bits per heavy atom. The molecule has 0 aliphatic carbocycles. The maximum Gasteiger partial charge on any atom is 0.344 e. The number of ether oxygens (including phenoxy) is 1. The maximum absolute atomic E-state index is 12.0. The van der Waals surface area contributed by atoms with Gasteiger partial charge in [0.1, 0.15) is 17.0 Å². The molecule has 1 aromatic carbocycles. The molecule has 2 aromatic heterocycles. The lowest BCUT2D eigenvalue weighted by Gasteiger charge is -2.00. The minimum Gasteiger partial charge on any atom is -0.462 e. The molecule has 0 saturated carbocycles. The molecule has 0 aliphatic heterocycles. The summed E-state index contributed by atoms with van der Waals surface area (Å²) in [5, 5.41) is 12.4. The van der Waals surface area contributed by atoms with Crippen molar-refractivity contribution in [2.45, 2.75) is 13.8 Å². The number of para-hydroxylation sites is 1. The molecule has 0 atom stereocenters. The van der Waals surface area contributed by atoms with E-state index in [0.29, 0.717) is 17.1 Å². The van der Waals surface area contributed by atoms with Crippen LogP contribution in [0.25, 0.3) is 17.1 Å². The number of rotatable bonds is 4. The highest BCUT2D eigenvalue weighted by Crippen LogP contribution is 2.24. The molecule has 112 valence electrons. The van der Waals surface area contributed by atoms with E-state index in [1.165, 1.54) is 11.0 Å². The van der Waals surface area contributed by atoms with Gasteiger partial charge in [-0.05, 0) is 26.0 Å². The fourth-order valence-corrected chi connectivity index (χ4v) is 2.05. The third kappa shape index (κ3) is 2.48. The Kier molecular flexibility index (Phi) is 3.69. The summed E-state index contributed by atoms with van der Waals surface area (Å²) in [6.07, 6.45) is 1.53. The standard InChI is InChI=1S/C15H14N4O3/c1-3-21-15(20)13-10(2)22-18-14(13)12-9-16-19(17-12)11-7-5-4-6-8-11/h4-9H,3H2,1-2H3. The minimum absolute atomic E-state index is 0.277. The van der Waals surface area contributed by atoms with Crippen LogP contribution < -0.4 is 0 Å². The van der Waals surface area contributed by atoms with Crippen molar-refractivity contribution in [2.75, 3.05) is 6.61 Å². The van der Waals surface area contributed by atoms with E-state index in [4.69, 9.17) is 9.26 Å². The van der Waals surface area contributed by atoms with Crippen LogP contribution >= 0.6 is 0 Å². The highest BCUT2D eigenvalue weighted by atomic mass is 16.5. The lowest BCUT2D eigenvalue weighted by molar-refractivity contribution is 0.0525. The van der Waals surface area contributed by atoms with E-state index in [-0.39, 0.29) is 12.2 Å². The number of carbonyl (C=O) groups excluding carboxylic acids is 1. The van der Waals surface area contributed by atoms with E-state index >= 15 is 0 Å². The molecule has 0 amide bonds. The Hall–Kier alpha value is -2.96. The molecule has 22 heavy (non-hydrogen) atoms. The van der Waals surface area contributed by atoms with Crippen LogP contribution in [-0.2, 0) is 4.74 Å². The summed E-state index contributed by atoms with van der Waals surface area (Å²) in [5.74, 6) is -0.0896. The van der Waals surface area contributed by atoms with Gasteiger partial charge < -0.3 is 9.26 Å². The first-order valence-corrected chi connectivity index (χ1v) is 6.82. The average molecular weight is 298 g/mol. The molecular weight excluding hydrogens is 284 g/mol. The first-order chi connectivity index (χ1) is 10.7. The molecular formula is C15H14N4O3. The molecule has 0 spiro atoms. The first-order valence-electron chi connectivity index (χ1n) is 6.82. The highest BCUT2D eigenvalue weighted by molar-refractivity contribution is 5.96. The van der Waals surface area contributed by atoms with Crippen molar-refractivity contribution in [3.05, 3.63) is 47.9 Å². The van der Waals surface area contributed by atoms with Crippen LogP contribution in [0.5, 0.6) is 0 Å². The fourth-order valence-electron chi connectivity index (χ4n) is 2.05. The molecule has 0 radical (unpaired) electrons. The van der Waals surface area contributed by atoms with Crippen molar-refractivity contribution in [3.63, 3.8) is 0 Å². The molecule has 7 heteroatoms. The predicted molar refractivity (Wildman–Crippen MR) is 77.5 cm³/mol. The van der Waals surface area contributed by atoms with Crippen LogP contribution in [-0.4, -0.2) is 32.7 Å². The van der Waals surface area contributed by atoms with E-state index in [9.17, 15) is 4.79 Å². The van der Waals surface area contributed by atoms with Crippen LogP contribution in [0.15, 0.2) is 41.1 Å². The van der Waals surface area contributed by atoms with Gasteiger partial charge in [0.25, 0.3) is 0 Å². The van der Waals surface area contributed by atoms with Gasteiger partial charge in [-0.25, -0.2) is 4.79 Å². The van der Waals surface area contributed by atoms with Crippen molar-refractivity contribution in [1.82, 2.24) is 20.2 Å². The number of carbonyl (C=O) groups is 1. The molecule has 7 nitrogen and oxygen atoms in total. The number of aryl methyl sites for hydroxylation is 1. The van der Waals surface area contributed by atoms with Crippen molar-refractivity contribution in [2.24, 2.45) is 0 Å². The fraction of sp³-hybridized carbons (Fsp3) is 0.200. The zero-order chi connectivity index (χ0) is 15.5. The summed E-state index contributed by atoms with van der Waals surface area (Å²) in [5.41, 5.74) is 1.87. The number of benzene rings is 1. The molecule has 0 fully saturated rings. The Labute approximate surface area is 126 Å². The van der Waals surface area contributed by atoms with Crippen molar-refractivity contribution >= 4 is 5.97 Å². The molecule has 3 rings (SSSR count). The van der Waals surface area contributed by atoms with Gasteiger partial charge in [0.15, 0.2) is 5.69 Å². The topological polar surface area (TPSA) is 83.0 Å². The lowest BCUT2D eigenvalue weighted by Crippen LogP contribution is -2.07. The summed E-state index contributed by atoms with van der Waals surface area (Å²) in [6.45, 7) is 3.68. The smallest absolute Gasteiger partial charge is 0.344 e. The monoisotopic (exact) mass is 298 g/mol. The van der Waals surface area contributed by atoms with Gasteiger partial charge in [-0.3, -0.25) is 0 Å². The normalized spacial score (nSPS) is 10.6. The third-order valence-electron chi connectivity index (χ3n) is 3.06. The molecule has 0 aliphatic rings. The summed E-state index contributed by atoms with van der Waals surface area (Å²) in [4.78, 5) is 13.5. The molecule has 3 aromatic rings. The van der Waals surface area contributed by atoms with Crippen LogP contribution in [0.4, 0.5) is 0 Å². The van der Waals surface area contributed by atoms with Crippen LogP contribution in [0, 0.1) is 6.92 Å². The van der Waals surface area contributed by atoms with Crippen LogP contribution in [0.3, 0.4) is 0 Å². The van der Waals surface area contributed by atoms with E-state index < -0.39 is 5.97 Å². The summed E-state index contributed by atoms with van der Waals surface area (Å²) < 4.78 is 10.1. The molecule has 2 heterocycles. The van der Waals surface area contributed by atoms with E-state index in [0.717, 1.165) is 5.69 Å². The van der Waals surface area contributed by atoms with Crippen molar-refractivity contribution in [1.29, 1.82) is 0 Å². The van der Waals surface area contributed by atoms with E-state index in [2.05, 4.69) is 15.4 Å². The zero-order valence-corrected chi connectivity index (χ0v) is 12.2. The number of hydrogen-bond donors (Lipinski definition) is 0. The van der Waals surface area contributed by atoms with Crippen molar-refractivity contribution in [3.8, 4) is 17.1 Å². The van der Waals surface area contributed by atoms with Gasteiger partial charge in [0.05, 0.1) is 18.5 Å². The van der Waals surface area contributed by atoms with Gasteiger partial charge in [0.2, 0.25) is 0 Å². The first kappa shape index (κ1) is 14.0. The van der Waals surface area contributed by atoms with Crippen molar-refractivity contribution < 1.29 is 14.1 Å². The SMILES string of the molecule is CCOC(=O)c1c(-c2cnn(-c3ccccc3)n2)noc1C. The molecule has 0 N–H and O–H groups in total. The second kappa shape index (κ2) is 5.80. The van der Waals surface area contributed by atoms with E-state index in [1.807, 2.05) is 30.3 Å². The zero-order valence-electron chi connectivity index (χ0n) is 12.2. The quantitative estimate of drug-likeness (QED) is 0.688.